The van der Waals surface area contributed by atoms with E-state index in [4.69, 9.17) is 14.0 Å². The Morgan fingerprint density at radius 1 is 1.04 bits per heavy atom. The van der Waals surface area contributed by atoms with Crippen LogP contribution in [0.1, 0.15) is 29.3 Å². The Hall–Kier alpha value is -3.35. The van der Waals surface area contributed by atoms with Crippen molar-refractivity contribution in [1.29, 1.82) is 0 Å². The van der Waals surface area contributed by atoms with E-state index in [0.717, 1.165) is 22.4 Å². The van der Waals surface area contributed by atoms with Gasteiger partial charge in [0.25, 0.3) is 5.89 Å². The maximum Gasteiger partial charge on any atom is 0.258 e. The maximum atomic E-state index is 12.6. The molecule has 1 atom stereocenters. The SMILES string of the molecule is Cc1cc(C)cc(N2CC(c3noc(-c4ccc5c(c4)OCO5)n3)CC2=O)c1. The number of fused-ring (bicyclic) bond motifs is 1. The number of aromatic nitrogens is 2. The second-order valence-electron chi connectivity index (χ2n) is 7.28. The Morgan fingerprint density at radius 2 is 1.82 bits per heavy atom. The van der Waals surface area contributed by atoms with Gasteiger partial charge in [-0.15, -0.1) is 0 Å². The average Bonchev–Trinajstić information content (AvgIpc) is 3.39. The van der Waals surface area contributed by atoms with Crippen LogP contribution in [0.4, 0.5) is 5.69 Å². The Balaban J connectivity index is 1.38. The van der Waals surface area contributed by atoms with E-state index in [2.05, 4.69) is 16.2 Å². The number of nitrogens with zero attached hydrogens (tertiary/aromatic N) is 3. The smallest absolute Gasteiger partial charge is 0.258 e. The molecule has 0 aliphatic carbocycles. The lowest BCUT2D eigenvalue weighted by atomic mass is 10.1. The molecule has 7 heteroatoms. The molecule has 1 unspecified atom stereocenters. The number of carbonyl (C=O) groups excluding carboxylic acids is 1. The Kier molecular flexibility index (Phi) is 3.82. The number of hydrogen-bond donors (Lipinski definition) is 0. The van der Waals surface area contributed by atoms with Gasteiger partial charge in [-0.25, -0.2) is 0 Å². The molecule has 0 bridgehead atoms. The van der Waals surface area contributed by atoms with Crippen molar-refractivity contribution in [3.8, 4) is 23.0 Å². The van der Waals surface area contributed by atoms with Gasteiger partial charge in [0.2, 0.25) is 12.7 Å². The Bertz CT molecular complexity index is 1060. The van der Waals surface area contributed by atoms with Crippen LogP contribution in [0.15, 0.2) is 40.9 Å². The molecule has 2 aliphatic heterocycles. The van der Waals surface area contributed by atoms with Gasteiger partial charge in [-0.3, -0.25) is 4.79 Å². The summed E-state index contributed by atoms with van der Waals surface area (Å²) in [5, 5.41) is 4.13. The molecule has 2 aliphatic rings. The van der Waals surface area contributed by atoms with Crippen LogP contribution in [-0.2, 0) is 4.79 Å². The standard InChI is InChI=1S/C21H19N3O4/c1-12-5-13(2)7-16(6-12)24-10-15(9-19(24)25)20-22-21(28-23-20)14-3-4-17-18(8-14)27-11-26-17/h3-8,15H,9-11H2,1-2H3. The van der Waals surface area contributed by atoms with Gasteiger partial charge in [0.15, 0.2) is 17.3 Å². The molecule has 0 N–H and O–H groups in total. The first-order valence-corrected chi connectivity index (χ1v) is 9.19. The minimum absolute atomic E-state index is 0.0735. The van der Waals surface area contributed by atoms with Gasteiger partial charge in [0.1, 0.15) is 0 Å². The summed E-state index contributed by atoms with van der Waals surface area (Å²) in [6.45, 7) is 4.82. The molecular weight excluding hydrogens is 358 g/mol. The van der Waals surface area contributed by atoms with Crippen molar-refractivity contribution in [1.82, 2.24) is 10.1 Å². The van der Waals surface area contributed by atoms with Gasteiger partial charge in [0, 0.05) is 30.1 Å². The van der Waals surface area contributed by atoms with E-state index in [1.807, 2.05) is 44.2 Å². The van der Waals surface area contributed by atoms with Crippen molar-refractivity contribution >= 4 is 11.6 Å². The van der Waals surface area contributed by atoms with Crippen LogP contribution >= 0.6 is 0 Å². The van der Waals surface area contributed by atoms with Crippen LogP contribution < -0.4 is 14.4 Å². The number of benzene rings is 2. The number of anilines is 1. The molecule has 0 saturated carbocycles. The zero-order valence-electron chi connectivity index (χ0n) is 15.6. The summed E-state index contributed by atoms with van der Waals surface area (Å²) in [6.07, 6.45) is 0.368. The average molecular weight is 377 g/mol. The number of hydrogen-bond acceptors (Lipinski definition) is 6. The quantitative estimate of drug-likeness (QED) is 0.694. The van der Waals surface area contributed by atoms with Crippen LogP contribution in [0.2, 0.25) is 0 Å². The van der Waals surface area contributed by atoms with E-state index < -0.39 is 0 Å². The topological polar surface area (TPSA) is 77.7 Å². The van der Waals surface area contributed by atoms with Crippen molar-refractivity contribution in [3.63, 3.8) is 0 Å². The van der Waals surface area contributed by atoms with E-state index in [1.54, 1.807) is 4.90 Å². The minimum atomic E-state index is -0.0974. The van der Waals surface area contributed by atoms with Crippen molar-refractivity contribution in [3.05, 3.63) is 53.3 Å². The molecule has 3 heterocycles. The van der Waals surface area contributed by atoms with Gasteiger partial charge in [-0.05, 0) is 55.3 Å². The van der Waals surface area contributed by atoms with Crippen LogP contribution in [0, 0.1) is 13.8 Å². The van der Waals surface area contributed by atoms with Gasteiger partial charge < -0.3 is 18.9 Å². The van der Waals surface area contributed by atoms with Crippen LogP contribution in [-0.4, -0.2) is 29.4 Å². The molecule has 0 radical (unpaired) electrons. The number of carbonyl (C=O) groups is 1. The molecule has 5 rings (SSSR count). The summed E-state index contributed by atoms with van der Waals surface area (Å²) in [5.41, 5.74) is 3.95. The first-order chi connectivity index (χ1) is 13.6. The fourth-order valence-electron chi connectivity index (χ4n) is 3.78. The normalized spacial score (nSPS) is 18.1. The zero-order chi connectivity index (χ0) is 19.3. The predicted octanol–water partition coefficient (Wildman–Crippen LogP) is 3.60. The van der Waals surface area contributed by atoms with Crippen molar-refractivity contribution in [2.45, 2.75) is 26.2 Å². The second kappa shape index (κ2) is 6.37. The highest BCUT2D eigenvalue weighted by molar-refractivity contribution is 5.96. The van der Waals surface area contributed by atoms with Gasteiger partial charge in [0.05, 0.1) is 0 Å². The number of rotatable bonds is 3. The lowest BCUT2D eigenvalue weighted by Gasteiger charge is -2.17. The summed E-state index contributed by atoms with van der Waals surface area (Å²) >= 11 is 0. The van der Waals surface area contributed by atoms with E-state index in [1.165, 1.54) is 0 Å². The van der Waals surface area contributed by atoms with Crippen LogP contribution in [0.5, 0.6) is 11.5 Å². The molecule has 1 aromatic heterocycles. The molecule has 28 heavy (non-hydrogen) atoms. The van der Waals surface area contributed by atoms with Crippen molar-refractivity contribution in [2.75, 3.05) is 18.2 Å². The number of aryl methyl sites for hydroxylation is 2. The minimum Gasteiger partial charge on any atom is -0.454 e. The van der Waals surface area contributed by atoms with E-state index in [-0.39, 0.29) is 18.6 Å². The fraction of sp³-hybridized carbons (Fsp3) is 0.286. The maximum absolute atomic E-state index is 12.6. The van der Waals surface area contributed by atoms with E-state index in [9.17, 15) is 4.79 Å². The number of ether oxygens (including phenoxy) is 2. The van der Waals surface area contributed by atoms with Crippen LogP contribution in [0.25, 0.3) is 11.5 Å². The van der Waals surface area contributed by atoms with Crippen molar-refractivity contribution in [2.24, 2.45) is 0 Å². The third kappa shape index (κ3) is 2.89. The first-order valence-electron chi connectivity index (χ1n) is 9.19. The molecular formula is C21H19N3O4. The number of amides is 1. The summed E-state index contributed by atoms with van der Waals surface area (Å²) in [7, 11) is 0. The highest BCUT2D eigenvalue weighted by atomic mass is 16.7. The van der Waals surface area contributed by atoms with E-state index in [0.29, 0.717) is 36.2 Å². The third-order valence-corrected chi connectivity index (χ3v) is 5.07. The lowest BCUT2D eigenvalue weighted by molar-refractivity contribution is -0.117. The highest BCUT2D eigenvalue weighted by Gasteiger charge is 2.35. The van der Waals surface area contributed by atoms with Gasteiger partial charge in [-0.2, -0.15) is 4.98 Å². The van der Waals surface area contributed by atoms with E-state index >= 15 is 0 Å². The van der Waals surface area contributed by atoms with Crippen molar-refractivity contribution < 1.29 is 18.8 Å². The lowest BCUT2D eigenvalue weighted by Crippen LogP contribution is -2.24. The van der Waals surface area contributed by atoms with Gasteiger partial charge in [-0.1, -0.05) is 11.2 Å². The highest BCUT2D eigenvalue weighted by Crippen LogP contribution is 2.36. The zero-order valence-corrected chi connectivity index (χ0v) is 15.6. The molecule has 1 amide bonds. The fourth-order valence-corrected chi connectivity index (χ4v) is 3.78. The molecule has 1 saturated heterocycles. The Labute approximate surface area is 161 Å². The summed E-state index contributed by atoms with van der Waals surface area (Å²) < 4.78 is 16.2. The summed E-state index contributed by atoms with van der Waals surface area (Å²) in [6, 6.07) is 11.7. The molecule has 1 fully saturated rings. The summed E-state index contributed by atoms with van der Waals surface area (Å²) in [4.78, 5) is 18.9. The molecule has 2 aromatic carbocycles. The third-order valence-electron chi connectivity index (χ3n) is 5.07. The Morgan fingerprint density at radius 3 is 2.64 bits per heavy atom. The van der Waals surface area contributed by atoms with Crippen LogP contribution in [0.3, 0.4) is 0 Å². The summed E-state index contributed by atoms with van der Waals surface area (Å²) in [5.74, 6) is 2.30. The largest absolute Gasteiger partial charge is 0.454 e. The molecule has 142 valence electrons. The predicted molar refractivity (Wildman–Crippen MR) is 101 cm³/mol. The first kappa shape index (κ1) is 16.8. The molecule has 7 nitrogen and oxygen atoms in total. The molecule has 0 spiro atoms. The van der Waals surface area contributed by atoms with Gasteiger partial charge >= 0.3 is 0 Å². The molecule has 3 aromatic rings. The second-order valence-corrected chi connectivity index (χ2v) is 7.28. The monoisotopic (exact) mass is 377 g/mol.